The molecule has 118 valence electrons. The number of hydrogen-bond donors (Lipinski definition) is 2. The number of anilines is 2. The van der Waals surface area contributed by atoms with E-state index in [9.17, 15) is 0 Å². The van der Waals surface area contributed by atoms with Crippen molar-refractivity contribution in [3.63, 3.8) is 0 Å². The predicted molar refractivity (Wildman–Crippen MR) is 85.6 cm³/mol. The number of rotatable bonds is 6. The standard InChI is InChI=1S/C15H27N5O/c1-4-9-21-14-12(16)13(18-11-19-14)17-10-15(2)5-7-20(3)8-6-15/h11H,4-10,16H2,1-3H3,(H,17,18,19). The van der Waals surface area contributed by atoms with Gasteiger partial charge in [-0.15, -0.1) is 0 Å². The Bertz CT molecular complexity index is 457. The number of likely N-dealkylation sites (tertiary alicyclic amines) is 1. The SMILES string of the molecule is CCCOc1ncnc(NCC2(C)CCN(C)CC2)c1N. The first-order valence-electron chi connectivity index (χ1n) is 7.70. The zero-order valence-corrected chi connectivity index (χ0v) is 13.4. The van der Waals surface area contributed by atoms with Gasteiger partial charge in [-0.05, 0) is 44.8 Å². The van der Waals surface area contributed by atoms with E-state index < -0.39 is 0 Å². The maximum absolute atomic E-state index is 6.08. The van der Waals surface area contributed by atoms with Crippen LogP contribution in [0.4, 0.5) is 11.5 Å². The quantitative estimate of drug-likeness (QED) is 0.835. The zero-order chi connectivity index (χ0) is 15.3. The van der Waals surface area contributed by atoms with E-state index in [1.165, 1.54) is 19.2 Å². The molecule has 0 atom stereocenters. The second-order valence-corrected chi connectivity index (χ2v) is 6.26. The number of aromatic nitrogens is 2. The molecule has 6 nitrogen and oxygen atoms in total. The summed E-state index contributed by atoms with van der Waals surface area (Å²) in [6, 6.07) is 0. The molecule has 2 heterocycles. The van der Waals surface area contributed by atoms with Crippen LogP contribution in [0.5, 0.6) is 5.88 Å². The Morgan fingerprint density at radius 3 is 2.76 bits per heavy atom. The van der Waals surface area contributed by atoms with E-state index in [1.807, 2.05) is 0 Å². The van der Waals surface area contributed by atoms with Gasteiger partial charge < -0.3 is 20.7 Å². The van der Waals surface area contributed by atoms with Gasteiger partial charge in [-0.25, -0.2) is 4.98 Å². The summed E-state index contributed by atoms with van der Waals surface area (Å²) in [7, 11) is 2.17. The van der Waals surface area contributed by atoms with Gasteiger partial charge in [0.1, 0.15) is 12.0 Å². The van der Waals surface area contributed by atoms with Gasteiger partial charge in [-0.1, -0.05) is 13.8 Å². The van der Waals surface area contributed by atoms with Gasteiger partial charge in [0.15, 0.2) is 5.82 Å². The number of ether oxygens (including phenoxy) is 1. The van der Waals surface area contributed by atoms with E-state index in [-0.39, 0.29) is 5.41 Å². The highest BCUT2D eigenvalue weighted by Crippen LogP contribution is 2.32. The van der Waals surface area contributed by atoms with Crippen molar-refractivity contribution in [2.75, 3.05) is 44.3 Å². The lowest BCUT2D eigenvalue weighted by molar-refractivity contribution is 0.150. The maximum Gasteiger partial charge on any atom is 0.242 e. The topological polar surface area (TPSA) is 76.3 Å². The van der Waals surface area contributed by atoms with E-state index in [4.69, 9.17) is 10.5 Å². The minimum Gasteiger partial charge on any atom is -0.476 e. The third kappa shape index (κ3) is 4.20. The Kier molecular flexibility index (Phi) is 5.22. The Labute approximate surface area is 127 Å². The second-order valence-electron chi connectivity index (χ2n) is 6.26. The number of nitrogens with zero attached hydrogens (tertiary/aromatic N) is 3. The number of hydrogen-bond acceptors (Lipinski definition) is 6. The summed E-state index contributed by atoms with van der Waals surface area (Å²) < 4.78 is 5.53. The van der Waals surface area contributed by atoms with Gasteiger partial charge >= 0.3 is 0 Å². The molecule has 0 aromatic carbocycles. The summed E-state index contributed by atoms with van der Waals surface area (Å²) in [6.45, 7) is 8.14. The molecular weight excluding hydrogens is 266 g/mol. The second kappa shape index (κ2) is 6.93. The van der Waals surface area contributed by atoms with Crippen LogP contribution in [-0.2, 0) is 0 Å². The van der Waals surface area contributed by atoms with Crippen molar-refractivity contribution in [3.05, 3.63) is 6.33 Å². The molecule has 21 heavy (non-hydrogen) atoms. The fraction of sp³-hybridized carbons (Fsp3) is 0.733. The highest BCUT2D eigenvalue weighted by molar-refractivity contribution is 5.66. The summed E-state index contributed by atoms with van der Waals surface area (Å²) in [4.78, 5) is 10.7. The van der Waals surface area contributed by atoms with Crippen molar-refractivity contribution in [1.29, 1.82) is 0 Å². The minimum absolute atomic E-state index is 0.286. The van der Waals surface area contributed by atoms with Crippen LogP contribution in [0.3, 0.4) is 0 Å². The molecule has 0 unspecified atom stereocenters. The maximum atomic E-state index is 6.08. The van der Waals surface area contributed by atoms with Crippen LogP contribution in [0.25, 0.3) is 0 Å². The molecule has 0 aliphatic carbocycles. The van der Waals surface area contributed by atoms with E-state index >= 15 is 0 Å². The van der Waals surface area contributed by atoms with E-state index in [1.54, 1.807) is 0 Å². The molecule has 0 bridgehead atoms. The molecule has 3 N–H and O–H groups in total. The smallest absolute Gasteiger partial charge is 0.242 e. The molecule has 0 amide bonds. The first kappa shape index (κ1) is 15.8. The normalized spacial score (nSPS) is 18.4. The fourth-order valence-electron chi connectivity index (χ4n) is 2.47. The van der Waals surface area contributed by atoms with Crippen molar-refractivity contribution >= 4 is 11.5 Å². The lowest BCUT2D eigenvalue weighted by Crippen LogP contribution is -2.40. The largest absolute Gasteiger partial charge is 0.476 e. The van der Waals surface area contributed by atoms with Gasteiger partial charge in [0.05, 0.1) is 6.61 Å². The monoisotopic (exact) mass is 293 g/mol. The lowest BCUT2D eigenvalue weighted by Gasteiger charge is -2.38. The molecule has 0 radical (unpaired) electrons. The van der Waals surface area contributed by atoms with Gasteiger partial charge in [0, 0.05) is 6.54 Å². The van der Waals surface area contributed by atoms with Gasteiger partial charge in [0.2, 0.25) is 5.88 Å². The van der Waals surface area contributed by atoms with E-state index in [0.717, 1.165) is 26.1 Å². The molecule has 1 aromatic heterocycles. The highest BCUT2D eigenvalue weighted by atomic mass is 16.5. The van der Waals surface area contributed by atoms with Gasteiger partial charge in [0.25, 0.3) is 0 Å². The number of nitrogens with one attached hydrogen (secondary N) is 1. The first-order valence-corrected chi connectivity index (χ1v) is 7.70. The molecule has 0 saturated carbocycles. The van der Waals surface area contributed by atoms with Crippen molar-refractivity contribution in [2.45, 2.75) is 33.1 Å². The lowest BCUT2D eigenvalue weighted by atomic mass is 9.80. The average Bonchev–Trinajstić information content (AvgIpc) is 2.48. The Balaban J connectivity index is 1.96. The average molecular weight is 293 g/mol. The van der Waals surface area contributed by atoms with Crippen LogP contribution < -0.4 is 15.8 Å². The van der Waals surface area contributed by atoms with Crippen LogP contribution in [0.15, 0.2) is 6.33 Å². The molecular formula is C15H27N5O. The van der Waals surface area contributed by atoms with Crippen molar-refractivity contribution < 1.29 is 4.74 Å². The summed E-state index contributed by atoms with van der Waals surface area (Å²) >= 11 is 0. The molecule has 1 aliphatic heterocycles. The summed E-state index contributed by atoms with van der Waals surface area (Å²) in [6.07, 6.45) is 4.79. The number of nitrogens with two attached hydrogens (primary N) is 1. The van der Waals surface area contributed by atoms with Crippen molar-refractivity contribution in [3.8, 4) is 5.88 Å². The third-order valence-corrected chi connectivity index (χ3v) is 4.17. The highest BCUT2D eigenvalue weighted by Gasteiger charge is 2.29. The van der Waals surface area contributed by atoms with Crippen LogP contribution >= 0.6 is 0 Å². The van der Waals surface area contributed by atoms with Gasteiger partial charge in [-0.3, -0.25) is 0 Å². The molecule has 0 spiro atoms. The molecule has 1 aliphatic rings. The number of nitrogen functional groups attached to an aromatic ring is 1. The van der Waals surface area contributed by atoms with Crippen LogP contribution in [0, 0.1) is 5.41 Å². The fourth-order valence-corrected chi connectivity index (χ4v) is 2.47. The molecule has 6 heteroatoms. The first-order chi connectivity index (χ1) is 10.0. The third-order valence-electron chi connectivity index (χ3n) is 4.17. The van der Waals surface area contributed by atoms with Crippen LogP contribution in [-0.4, -0.2) is 48.2 Å². The van der Waals surface area contributed by atoms with Crippen molar-refractivity contribution in [2.24, 2.45) is 5.41 Å². The van der Waals surface area contributed by atoms with Crippen molar-refractivity contribution in [1.82, 2.24) is 14.9 Å². The molecule has 1 aromatic rings. The Morgan fingerprint density at radius 1 is 1.38 bits per heavy atom. The Morgan fingerprint density at radius 2 is 2.10 bits per heavy atom. The number of piperidine rings is 1. The summed E-state index contributed by atoms with van der Waals surface area (Å²) in [5, 5.41) is 3.38. The zero-order valence-electron chi connectivity index (χ0n) is 13.4. The predicted octanol–water partition coefficient (Wildman–Crippen LogP) is 1.99. The van der Waals surface area contributed by atoms with E-state index in [0.29, 0.717) is 24.0 Å². The van der Waals surface area contributed by atoms with E-state index in [2.05, 4.69) is 41.1 Å². The minimum atomic E-state index is 0.286. The van der Waals surface area contributed by atoms with Crippen LogP contribution in [0.1, 0.15) is 33.1 Å². The summed E-state index contributed by atoms with van der Waals surface area (Å²) in [5.74, 6) is 1.15. The van der Waals surface area contributed by atoms with Crippen LogP contribution in [0.2, 0.25) is 0 Å². The molecule has 1 saturated heterocycles. The molecule has 2 rings (SSSR count). The Hall–Kier alpha value is -1.56. The molecule has 1 fully saturated rings. The van der Waals surface area contributed by atoms with Gasteiger partial charge in [-0.2, -0.15) is 4.98 Å². The summed E-state index contributed by atoms with van der Waals surface area (Å²) in [5.41, 5.74) is 6.87.